The van der Waals surface area contributed by atoms with Crippen LogP contribution in [0.1, 0.15) is 28.8 Å². The molecule has 1 aromatic heterocycles. The minimum absolute atomic E-state index is 0.0199. The van der Waals surface area contributed by atoms with Crippen molar-refractivity contribution in [2.45, 2.75) is 26.3 Å². The van der Waals surface area contributed by atoms with Crippen LogP contribution in [0.2, 0.25) is 0 Å². The number of hydrogen-bond donors (Lipinski definition) is 1. The van der Waals surface area contributed by atoms with Crippen LogP contribution in [-0.4, -0.2) is 22.8 Å². The van der Waals surface area contributed by atoms with Crippen molar-refractivity contribution in [2.75, 3.05) is 7.11 Å². The summed E-state index contributed by atoms with van der Waals surface area (Å²) in [4.78, 5) is 12.5. The first kappa shape index (κ1) is 22.8. The molecule has 0 bridgehead atoms. The first-order chi connectivity index (χ1) is 16.6. The molecule has 34 heavy (non-hydrogen) atoms. The van der Waals surface area contributed by atoms with Crippen molar-refractivity contribution in [1.29, 1.82) is 5.26 Å². The number of carbonyl (C=O) groups is 1. The highest BCUT2D eigenvalue weighted by Crippen LogP contribution is 2.26. The van der Waals surface area contributed by atoms with Gasteiger partial charge in [0.15, 0.2) is 0 Å². The molecule has 3 aromatic carbocycles. The molecular weight excluding hydrogens is 424 g/mol. The van der Waals surface area contributed by atoms with Crippen LogP contribution in [0, 0.1) is 18.3 Å². The third kappa shape index (κ3) is 5.51. The third-order valence-corrected chi connectivity index (χ3v) is 5.54. The first-order valence-electron chi connectivity index (χ1n) is 11.1. The van der Waals surface area contributed by atoms with Crippen LogP contribution in [0.5, 0.6) is 5.75 Å². The van der Waals surface area contributed by atoms with Crippen LogP contribution >= 0.6 is 0 Å². The largest absolute Gasteiger partial charge is 0.497 e. The number of nitrogens with zero attached hydrogens (tertiary/aromatic N) is 3. The van der Waals surface area contributed by atoms with Crippen molar-refractivity contribution < 1.29 is 9.53 Å². The second-order valence-electron chi connectivity index (χ2n) is 8.09. The molecule has 0 unspecified atom stereocenters. The zero-order valence-corrected chi connectivity index (χ0v) is 19.3. The summed E-state index contributed by atoms with van der Waals surface area (Å²) in [6.45, 7) is 2.54. The fourth-order valence-corrected chi connectivity index (χ4v) is 3.78. The van der Waals surface area contributed by atoms with Crippen LogP contribution in [0.3, 0.4) is 0 Å². The Kier molecular flexibility index (Phi) is 7.04. The van der Waals surface area contributed by atoms with E-state index in [1.165, 1.54) is 5.56 Å². The lowest BCUT2D eigenvalue weighted by molar-refractivity contribution is -0.121. The van der Waals surface area contributed by atoms with E-state index < -0.39 is 0 Å². The smallest absolute Gasteiger partial charge is 0.220 e. The van der Waals surface area contributed by atoms with Crippen molar-refractivity contribution in [3.05, 3.63) is 101 Å². The fraction of sp³-hybridized carbons (Fsp3) is 0.179. The van der Waals surface area contributed by atoms with E-state index >= 15 is 0 Å². The summed E-state index contributed by atoms with van der Waals surface area (Å²) in [6, 6.07) is 27.3. The van der Waals surface area contributed by atoms with Gasteiger partial charge in [-0.3, -0.25) is 4.79 Å². The lowest BCUT2D eigenvalue weighted by Gasteiger charge is -2.09. The minimum atomic E-state index is -0.0199. The van der Waals surface area contributed by atoms with Gasteiger partial charge in [-0.05, 0) is 55.0 Å². The van der Waals surface area contributed by atoms with Gasteiger partial charge in [0, 0.05) is 24.9 Å². The molecular formula is C28H26N4O2. The first-order valence-corrected chi connectivity index (χ1v) is 11.1. The van der Waals surface area contributed by atoms with Gasteiger partial charge in [0.05, 0.1) is 35.8 Å². The highest BCUT2D eigenvalue weighted by atomic mass is 16.5. The highest BCUT2D eigenvalue weighted by Gasteiger charge is 2.14. The monoisotopic (exact) mass is 450 g/mol. The molecule has 0 aliphatic carbocycles. The van der Waals surface area contributed by atoms with E-state index in [0.717, 1.165) is 34.0 Å². The number of aromatic nitrogens is 2. The maximum Gasteiger partial charge on any atom is 0.220 e. The SMILES string of the molecule is COc1ccc(-n2nc(CCC(=O)NCc3cccc(C)c3)cc2-c2cccc(C#N)c2)cc1. The van der Waals surface area contributed by atoms with Crippen molar-refractivity contribution in [3.8, 4) is 28.8 Å². The number of benzene rings is 3. The predicted octanol–water partition coefficient (Wildman–Crippen LogP) is 4.98. The van der Waals surface area contributed by atoms with Crippen molar-refractivity contribution in [2.24, 2.45) is 0 Å². The molecule has 0 fully saturated rings. The summed E-state index contributed by atoms with van der Waals surface area (Å²) in [5.41, 5.74) is 6.25. The Hall–Kier alpha value is -4.37. The summed E-state index contributed by atoms with van der Waals surface area (Å²) < 4.78 is 7.11. The zero-order valence-electron chi connectivity index (χ0n) is 19.3. The van der Waals surface area contributed by atoms with E-state index in [2.05, 4.69) is 17.5 Å². The van der Waals surface area contributed by atoms with Gasteiger partial charge in [-0.25, -0.2) is 4.68 Å². The molecule has 0 saturated heterocycles. The highest BCUT2D eigenvalue weighted by molar-refractivity contribution is 5.76. The predicted molar refractivity (Wildman–Crippen MR) is 132 cm³/mol. The number of nitriles is 1. The molecule has 0 aliphatic heterocycles. The standard InChI is InChI=1S/C28H26N4O2/c1-20-5-3-7-22(15-20)19-30-28(33)14-9-24-17-27(23-8-4-6-21(16-23)18-29)32(31-24)25-10-12-26(34-2)13-11-25/h3-8,10-13,15-17H,9,14,19H2,1-2H3,(H,30,33). The molecule has 1 amide bonds. The summed E-state index contributed by atoms with van der Waals surface area (Å²) >= 11 is 0. The van der Waals surface area contributed by atoms with Crippen LogP contribution in [0.25, 0.3) is 16.9 Å². The molecule has 170 valence electrons. The third-order valence-electron chi connectivity index (χ3n) is 5.54. The fourth-order valence-electron chi connectivity index (χ4n) is 3.78. The Bertz CT molecular complexity index is 1330. The number of hydrogen-bond acceptors (Lipinski definition) is 4. The molecule has 0 aliphatic rings. The number of nitrogens with one attached hydrogen (secondary N) is 1. The quantitative estimate of drug-likeness (QED) is 0.411. The number of aryl methyl sites for hydroxylation is 2. The Morgan fingerprint density at radius 1 is 1.06 bits per heavy atom. The molecule has 4 aromatic rings. The van der Waals surface area contributed by atoms with E-state index in [1.807, 2.05) is 78.3 Å². The van der Waals surface area contributed by atoms with E-state index in [9.17, 15) is 10.1 Å². The van der Waals surface area contributed by atoms with Gasteiger partial charge in [-0.2, -0.15) is 10.4 Å². The minimum Gasteiger partial charge on any atom is -0.497 e. The van der Waals surface area contributed by atoms with E-state index in [0.29, 0.717) is 24.9 Å². The van der Waals surface area contributed by atoms with E-state index in [-0.39, 0.29) is 5.91 Å². The molecule has 6 heteroatoms. The van der Waals surface area contributed by atoms with Crippen molar-refractivity contribution >= 4 is 5.91 Å². The summed E-state index contributed by atoms with van der Waals surface area (Å²) in [6.07, 6.45) is 0.844. The number of ether oxygens (including phenoxy) is 1. The average molecular weight is 451 g/mol. The summed E-state index contributed by atoms with van der Waals surface area (Å²) in [5, 5.41) is 17.1. The van der Waals surface area contributed by atoms with Gasteiger partial charge in [-0.15, -0.1) is 0 Å². The van der Waals surface area contributed by atoms with Crippen LogP contribution in [0.15, 0.2) is 78.9 Å². The summed E-state index contributed by atoms with van der Waals surface area (Å²) in [5.74, 6) is 0.739. The van der Waals surface area contributed by atoms with E-state index in [4.69, 9.17) is 9.84 Å². The van der Waals surface area contributed by atoms with E-state index in [1.54, 1.807) is 13.2 Å². The topological polar surface area (TPSA) is 79.9 Å². The van der Waals surface area contributed by atoms with Gasteiger partial charge in [0.2, 0.25) is 5.91 Å². The zero-order chi connectivity index (χ0) is 23.9. The molecule has 0 radical (unpaired) electrons. The second-order valence-corrected chi connectivity index (χ2v) is 8.09. The lowest BCUT2D eigenvalue weighted by atomic mass is 10.1. The van der Waals surface area contributed by atoms with Crippen molar-refractivity contribution in [1.82, 2.24) is 15.1 Å². The Labute approximate surface area is 199 Å². The molecule has 1 N–H and O–H groups in total. The lowest BCUT2D eigenvalue weighted by Crippen LogP contribution is -2.23. The Morgan fingerprint density at radius 3 is 2.59 bits per heavy atom. The van der Waals surface area contributed by atoms with Crippen LogP contribution < -0.4 is 10.1 Å². The maximum atomic E-state index is 12.5. The van der Waals surface area contributed by atoms with Gasteiger partial charge in [0.25, 0.3) is 0 Å². The van der Waals surface area contributed by atoms with Crippen LogP contribution in [-0.2, 0) is 17.8 Å². The number of rotatable bonds is 8. The molecule has 6 nitrogen and oxygen atoms in total. The number of carbonyl (C=O) groups excluding carboxylic acids is 1. The molecule has 0 atom stereocenters. The normalized spacial score (nSPS) is 10.5. The summed E-state index contributed by atoms with van der Waals surface area (Å²) in [7, 11) is 1.63. The maximum absolute atomic E-state index is 12.5. The second kappa shape index (κ2) is 10.5. The molecule has 0 saturated carbocycles. The molecule has 4 rings (SSSR count). The van der Waals surface area contributed by atoms with Gasteiger partial charge < -0.3 is 10.1 Å². The van der Waals surface area contributed by atoms with Gasteiger partial charge in [-0.1, -0.05) is 42.0 Å². The Morgan fingerprint density at radius 2 is 1.85 bits per heavy atom. The number of methoxy groups -OCH3 is 1. The number of amides is 1. The van der Waals surface area contributed by atoms with Gasteiger partial charge >= 0.3 is 0 Å². The molecule has 0 spiro atoms. The van der Waals surface area contributed by atoms with Crippen LogP contribution in [0.4, 0.5) is 0 Å². The Balaban J connectivity index is 1.53. The van der Waals surface area contributed by atoms with Crippen molar-refractivity contribution in [3.63, 3.8) is 0 Å². The average Bonchev–Trinajstić information content (AvgIpc) is 3.31. The molecule has 1 heterocycles. The van der Waals surface area contributed by atoms with Gasteiger partial charge in [0.1, 0.15) is 5.75 Å².